The van der Waals surface area contributed by atoms with Crippen molar-refractivity contribution in [2.75, 3.05) is 34.2 Å². The Morgan fingerprint density at radius 1 is 1.40 bits per heavy atom. The molecule has 0 saturated carbocycles. The second-order valence-corrected chi connectivity index (χ2v) is 2.23. The first-order valence-electron chi connectivity index (χ1n) is 3.08. The quantitative estimate of drug-likeness (QED) is 0.417. The Bertz CT molecular complexity index is 67.3. The first kappa shape index (κ1) is 9.80. The zero-order valence-electron chi connectivity index (χ0n) is 6.63. The van der Waals surface area contributed by atoms with Gasteiger partial charge in [-0.1, -0.05) is 0 Å². The monoisotopic (exact) mass is 148 g/mol. The smallest absolute Gasteiger partial charge is 0.0356 e. The third kappa shape index (κ3) is 7.80. The van der Waals surface area contributed by atoms with E-state index in [9.17, 15) is 5.21 Å². The predicted octanol–water partition coefficient (Wildman–Crippen LogP) is -0.586. The van der Waals surface area contributed by atoms with Crippen LogP contribution in [-0.4, -0.2) is 44.4 Å². The Kier molecular flexibility index (Phi) is 5.46. The summed E-state index contributed by atoms with van der Waals surface area (Å²) in [4.78, 5) is 6.38. The molecule has 0 aliphatic rings. The van der Waals surface area contributed by atoms with Crippen LogP contribution in [0.3, 0.4) is 0 Å². The van der Waals surface area contributed by atoms with Gasteiger partial charge >= 0.3 is 0 Å². The molecular formula is C5H14N3O2-. The summed E-state index contributed by atoms with van der Waals surface area (Å²) < 4.78 is 0. The average Bonchev–Trinajstić information content (AvgIpc) is 1.79. The highest BCUT2D eigenvalue weighted by Crippen LogP contribution is 1.74. The van der Waals surface area contributed by atoms with Gasteiger partial charge in [0.1, 0.15) is 0 Å². The van der Waals surface area contributed by atoms with E-state index in [4.69, 9.17) is 0 Å². The molecule has 0 aliphatic heterocycles. The van der Waals surface area contributed by atoms with Gasteiger partial charge in [-0.05, 0) is 14.1 Å². The van der Waals surface area contributed by atoms with Gasteiger partial charge in [0.2, 0.25) is 0 Å². The maximum atomic E-state index is 10.1. The van der Waals surface area contributed by atoms with Crippen LogP contribution >= 0.6 is 0 Å². The van der Waals surface area contributed by atoms with Gasteiger partial charge in [0.15, 0.2) is 0 Å². The molecule has 0 heterocycles. The maximum absolute atomic E-state index is 10.1. The van der Waals surface area contributed by atoms with E-state index >= 15 is 0 Å². The van der Waals surface area contributed by atoms with Gasteiger partial charge in [-0.2, -0.15) is 5.48 Å². The van der Waals surface area contributed by atoms with E-state index in [1.165, 1.54) is 7.05 Å². The van der Waals surface area contributed by atoms with Gasteiger partial charge in [-0.15, -0.1) is 0 Å². The Morgan fingerprint density at radius 2 is 2.00 bits per heavy atom. The van der Waals surface area contributed by atoms with Crippen molar-refractivity contribution >= 4 is 0 Å². The Hall–Kier alpha value is -0.200. The highest BCUT2D eigenvalue weighted by atomic mass is 17.0. The first-order valence-corrected chi connectivity index (χ1v) is 3.08. The van der Waals surface area contributed by atoms with Crippen molar-refractivity contribution in [1.29, 1.82) is 0 Å². The van der Waals surface area contributed by atoms with Crippen molar-refractivity contribution in [1.82, 2.24) is 15.6 Å². The lowest BCUT2D eigenvalue weighted by Gasteiger charge is -2.21. The van der Waals surface area contributed by atoms with Crippen LogP contribution in [0.4, 0.5) is 0 Å². The molecule has 5 nitrogen and oxygen atoms in total. The largest absolute Gasteiger partial charge is 0.761 e. The van der Waals surface area contributed by atoms with E-state index in [-0.39, 0.29) is 0 Å². The molecule has 0 aliphatic carbocycles. The van der Waals surface area contributed by atoms with Crippen LogP contribution in [0.1, 0.15) is 0 Å². The van der Waals surface area contributed by atoms with Crippen molar-refractivity contribution in [2.24, 2.45) is 0 Å². The Labute approximate surface area is 61.0 Å². The number of rotatable bonds is 5. The van der Waals surface area contributed by atoms with Crippen molar-refractivity contribution in [2.45, 2.75) is 0 Å². The molecule has 0 unspecified atom stereocenters. The second kappa shape index (κ2) is 5.57. The summed E-state index contributed by atoms with van der Waals surface area (Å²) in [7, 11) is 5.17. The minimum absolute atomic E-state index is 0.371. The molecular weight excluding hydrogens is 134 g/mol. The fraction of sp³-hybridized carbons (Fsp3) is 1.00. The fourth-order valence-corrected chi connectivity index (χ4v) is 0.406. The van der Waals surface area contributed by atoms with E-state index in [0.717, 1.165) is 6.54 Å². The van der Waals surface area contributed by atoms with Gasteiger partial charge in [-0.25, -0.2) is 10.2 Å². The molecule has 0 rings (SSSR count). The van der Waals surface area contributed by atoms with Crippen LogP contribution < -0.4 is 5.48 Å². The van der Waals surface area contributed by atoms with Crippen LogP contribution in [0.25, 0.3) is 0 Å². The number of nitrogens with zero attached hydrogens (tertiary/aromatic N) is 2. The summed E-state index contributed by atoms with van der Waals surface area (Å²) in [5, 5.41) is 10.5. The van der Waals surface area contributed by atoms with Crippen LogP contribution in [-0.2, 0) is 4.94 Å². The van der Waals surface area contributed by atoms with Crippen molar-refractivity contribution in [3.8, 4) is 0 Å². The zero-order chi connectivity index (χ0) is 7.98. The number of hydrogen-bond donors (Lipinski definition) is 1. The Morgan fingerprint density at radius 3 is 2.40 bits per heavy atom. The van der Waals surface area contributed by atoms with Gasteiger partial charge in [0, 0.05) is 20.1 Å². The molecule has 10 heavy (non-hydrogen) atoms. The fourth-order valence-electron chi connectivity index (χ4n) is 0.406. The van der Waals surface area contributed by atoms with E-state index in [1.807, 2.05) is 19.0 Å². The van der Waals surface area contributed by atoms with Crippen LogP contribution in [0.15, 0.2) is 0 Å². The van der Waals surface area contributed by atoms with Crippen molar-refractivity contribution < 1.29 is 4.94 Å². The van der Waals surface area contributed by atoms with Gasteiger partial charge < -0.3 is 10.1 Å². The van der Waals surface area contributed by atoms with Crippen LogP contribution in [0.5, 0.6) is 0 Å². The number of likely N-dealkylation sites (N-methyl/N-ethyl adjacent to an activating group) is 1. The van der Waals surface area contributed by atoms with Crippen molar-refractivity contribution in [3.63, 3.8) is 0 Å². The molecule has 0 amide bonds. The molecule has 62 valence electrons. The van der Waals surface area contributed by atoms with Gasteiger partial charge in [0.05, 0.1) is 0 Å². The van der Waals surface area contributed by atoms with Gasteiger partial charge in [-0.3, -0.25) is 0 Å². The third-order valence-corrected chi connectivity index (χ3v) is 0.854. The van der Waals surface area contributed by atoms with E-state index in [2.05, 4.69) is 10.4 Å². The molecule has 0 radical (unpaired) electrons. The Balaban J connectivity index is 2.91. The molecule has 0 fully saturated rings. The van der Waals surface area contributed by atoms with Crippen LogP contribution in [0, 0.1) is 5.21 Å². The first-order chi connectivity index (χ1) is 4.63. The topological polar surface area (TPSA) is 50.8 Å². The molecule has 0 aromatic carbocycles. The van der Waals surface area contributed by atoms with Gasteiger partial charge in [0.25, 0.3) is 0 Å². The van der Waals surface area contributed by atoms with Crippen molar-refractivity contribution in [3.05, 3.63) is 5.21 Å². The minimum atomic E-state index is 0.371. The lowest BCUT2D eigenvalue weighted by Crippen LogP contribution is -2.30. The normalized spacial score (nSPS) is 11.4. The standard InChI is InChI=1S/C5H14N3O2/c1-7(2)5-4-6-10-8(3)9/h6H,4-5H2,1-3H3/q-1. The summed E-state index contributed by atoms with van der Waals surface area (Å²) in [6.07, 6.45) is 0. The van der Waals surface area contributed by atoms with E-state index < -0.39 is 0 Å². The summed E-state index contributed by atoms with van der Waals surface area (Å²) in [5.41, 5.74) is 2.49. The average molecular weight is 148 g/mol. The zero-order valence-corrected chi connectivity index (χ0v) is 6.63. The predicted molar refractivity (Wildman–Crippen MR) is 38.8 cm³/mol. The second-order valence-electron chi connectivity index (χ2n) is 2.23. The number of hydroxylamine groups is 3. The van der Waals surface area contributed by atoms with Crippen LogP contribution in [0.2, 0.25) is 0 Å². The summed E-state index contributed by atoms with van der Waals surface area (Å²) in [5.74, 6) is 0. The molecule has 0 spiro atoms. The number of nitrogens with one attached hydrogen (secondary N) is 1. The number of hydrogen-bond acceptors (Lipinski definition) is 5. The molecule has 0 atom stereocenters. The molecule has 0 aromatic rings. The highest BCUT2D eigenvalue weighted by Gasteiger charge is 1.88. The molecule has 0 bridgehead atoms. The maximum Gasteiger partial charge on any atom is 0.0356 e. The lowest BCUT2D eigenvalue weighted by atomic mass is 10.6. The SMILES string of the molecule is CN(C)CCNON(C)[O-]. The lowest BCUT2D eigenvalue weighted by molar-refractivity contribution is -0.161. The third-order valence-electron chi connectivity index (χ3n) is 0.854. The summed E-state index contributed by atoms with van der Waals surface area (Å²) in [6.45, 7) is 1.48. The summed E-state index contributed by atoms with van der Waals surface area (Å²) in [6, 6.07) is 0. The molecule has 0 saturated heterocycles. The van der Waals surface area contributed by atoms with E-state index in [1.54, 1.807) is 0 Å². The summed E-state index contributed by atoms with van der Waals surface area (Å²) >= 11 is 0. The van der Waals surface area contributed by atoms with E-state index in [0.29, 0.717) is 11.8 Å². The molecule has 5 heteroatoms. The minimum Gasteiger partial charge on any atom is -0.761 e. The highest BCUT2D eigenvalue weighted by molar-refractivity contribution is 4.41. The molecule has 1 N–H and O–H groups in total. The molecule has 0 aromatic heterocycles.